The van der Waals surface area contributed by atoms with Crippen LogP contribution in [0.1, 0.15) is 27.5 Å². The molecule has 21 heavy (non-hydrogen) atoms. The van der Waals surface area contributed by atoms with Gasteiger partial charge >= 0.3 is 0 Å². The molecule has 1 amide bonds. The number of carbonyl (C=O) groups excluding carboxylic acids is 1. The summed E-state index contributed by atoms with van der Waals surface area (Å²) in [6.07, 6.45) is 0.529. The van der Waals surface area contributed by atoms with Crippen LogP contribution in [-0.2, 0) is 6.42 Å². The highest BCUT2D eigenvalue weighted by atomic mass is 16.5. The fourth-order valence-electron chi connectivity index (χ4n) is 3.38. The summed E-state index contributed by atoms with van der Waals surface area (Å²) in [5.74, 6) is 0.243. The van der Waals surface area contributed by atoms with Crippen LogP contribution >= 0.6 is 0 Å². The molecule has 3 N–H and O–H groups in total. The molecule has 0 saturated carbocycles. The van der Waals surface area contributed by atoms with Crippen LogP contribution in [0.2, 0.25) is 0 Å². The lowest BCUT2D eigenvalue weighted by molar-refractivity contribution is 0.0956. The maximum Gasteiger partial charge on any atom is 0.252 e. The zero-order valence-corrected chi connectivity index (χ0v) is 11.3. The first-order chi connectivity index (χ1) is 10.1. The van der Waals surface area contributed by atoms with Gasteiger partial charge in [0.2, 0.25) is 0 Å². The van der Waals surface area contributed by atoms with E-state index in [-0.39, 0.29) is 23.4 Å². The van der Waals surface area contributed by atoms with Gasteiger partial charge in [-0.15, -0.1) is 0 Å². The summed E-state index contributed by atoms with van der Waals surface area (Å²) < 4.78 is 5.34. The molecule has 2 aliphatic rings. The Bertz CT molecular complexity index is 797. The summed E-state index contributed by atoms with van der Waals surface area (Å²) in [6.45, 7) is 0. The Morgan fingerprint density at radius 2 is 2.05 bits per heavy atom. The summed E-state index contributed by atoms with van der Waals surface area (Å²) in [4.78, 5) is 12.1. The average molecular weight is 283 g/mol. The molecular formula is C16H13NO4. The van der Waals surface area contributed by atoms with E-state index in [0.29, 0.717) is 23.3 Å². The van der Waals surface area contributed by atoms with Gasteiger partial charge in [-0.1, -0.05) is 12.1 Å². The van der Waals surface area contributed by atoms with E-state index in [2.05, 4.69) is 5.32 Å². The fourth-order valence-corrected chi connectivity index (χ4v) is 3.38. The van der Waals surface area contributed by atoms with Gasteiger partial charge in [0, 0.05) is 23.1 Å². The lowest BCUT2D eigenvalue weighted by atomic mass is 9.81. The highest BCUT2D eigenvalue weighted by Crippen LogP contribution is 2.52. The van der Waals surface area contributed by atoms with Crippen LogP contribution in [-0.4, -0.2) is 23.2 Å². The van der Waals surface area contributed by atoms with Gasteiger partial charge in [0.15, 0.2) is 11.5 Å². The summed E-state index contributed by atoms with van der Waals surface area (Å²) in [5, 5.41) is 23.1. The molecule has 1 aliphatic heterocycles. The first kappa shape index (κ1) is 12.1. The van der Waals surface area contributed by atoms with Crippen LogP contribution in [0.25, 0.3) is 11.1 Å². The summed E-state index contributed by atoms with van der Waals surface area (Å²) >= 11 is 0. The lowest BCUT2D eigenvalue weighted by Gasteiger charge is -2.26. The standard InChI is InChI=1S/C16H13NO4/c1-21-15-12(19)6-9-13-10(17-16(9)20)5-8-7(14(13)15)3-2-4-11(8)18/h2-4,6,10,18-19H,5H2,1H3,(H,17,20). The maximum absolute atomic E-state index is 12.1. The van der Waals surface area contributed by atoms with Crippen molar-refractivity contribution in [1.82, 2.24) is 5.32 Å². The summed E-state index contributed by atoms with van der Waals surface area (Å²) in [7, 11) is 1.48. The second kappa shape index (κ2) is 3.91. The number of methoxy groups -OCH3 is 1. The zero-order chi connectivity index (χ0) is 14.7. The van der Waals surface area contributed by atoms with E-state index < -0.39 is 0 Å². The number of nitrogens with one attached hydrogen (secondary N) is 1. The number of hydrogen-bond donors (Lipinski definition) is 3. The second-order valence-corrected chi connectivity index (χ2v) is 5.30. The van der Waals surface area contributed by atoms with Gasteiger partial charge in [-0.2, -0.15) is 0 Å². The Morgan fingerprint density at radius 3 is 2.81 bits per heavy atom. The van der Waals surface area contributed by atoms with Crippen molar-refractivity contribution in [1.29, 1.82) is 0 Å². The molecule has 0 fully saturated rings. The first-order valence-corrected chi connectivity index (χ1v) is 6.67. The van der Waals surface area contributed by atoms with Crippen LogP contribution in [0, 0.1) is 0 Å². The monoisotopic (exact) mass is 283 g/mol. The Balaban J connectivity index is 2.14. The molecule has 2 aromatic carbocycles. The molecule has 2 aromatic rings. The first-order valence-electron chi connectivity index (χ1n) is 6.67. The van der Waals surface area contributed by atoms with Crippen LogP contribution in [0.3, 0.4) is 0 Å². The topological polar surface area (TPSA) is 78.8 Å². The molecule has 0 radical (unpaired) electrons. The minimum Gasteiger partial charge on any atom is -0.508 e. The van der Waals surface area contributed by atoms with Gasteiger partial charge in [-0.3, -0.25) is 4.79 Å². The number of carbonyl (C=O) groups is 1. The Morgan fingerprint density at radius 1 is 1.24 bits per heavy atom. The van der Waals surface area contributed by atoms with Crippen molar-refractivity contribution >= 4 is 5.91 Å². The van der Waals surface area contributed by atoms with Gasteiger partial charge in [-0.25, -0.2) is 0 Å². The van der Waals surface area contributed by atoms with Gasteiger partial charge in [-0.05, 0) is 23.3 Å². The number of benzene rings is 2. The van der Waals surface area contributed by atoms with Crippen molar-refractivity contribution in [3.63, 3.8) is 0 Å². The number of phenolic OH excluding ortho intramolecular Hbond substituents is 2. The number of ether oxygens (including phenoxy) is 1. The van der Waals surface area contributed by atoms with Crippen molar-refractivity contribution in [3.05, 3.63) is 41.0 Å². The van der Waals surface area contributed by atoms with Crippen LogP contribution in [0.4, 0.5) is 0 Å². The largest absolute Gasteiger partial charge is 0.508 e. The highest BCUT2D eigenvalue weighted by molar-refractivity contribution is 6.04. The number of fused-ring (bicyclic) bond motifs is 2. The van der Waals surface area contributed by atoms with Gasteiger partial charge < -0.3 is 20.3 Å². The van der Waals surface area contributed by atoms with E-state index in [1.807, 2.05) is 6.07 Å². The predicted octanol–water partition coefficient (Wildman–Crippen LogP) is 2.11. The zero-order valence-electron chi connectivity index (χ0n) is 11.3. The number of amides is 1. The number of aromatic hydroxyl groups is 2. The Labute approximate surface area is 120 Å². The molecule has 4 rings (SSSR count). The molecule has 1 atom stereocenters. The van der Waals surface area contributed by atoms with Gasteiger partial charge in [0.05, 0.1) is 13.2 Å². The van der Waals surface area contributed by atoms with Crippen LogP contribution in [0.15, 0.2) is 24.3 Å². The lowest BCUT2D eigenvalue weighted by Crippen LogP contribution is -2.22. The van der Waals surface area contributed by atoms with Gasteiger partial charge in [0.1, 0.15) is 5.75 Å². The quantitative estimate of drug-likeness (QED) is 0.749. The van der Waals surface area contributed by atoms with Crippen molar-refractivity contribution in [2.75, 3.05) is 7.11 Å². The SMILES string of the molecule is COc1c(O)cc2c3c1-c1cccc(O)c1CC3NC2=O. The Kier molecular flexibility index (Phi) is 2.25. The maximum atomic E-state index is 12.1. The normalized spacial score (nSPS) is 18.0. The molecule has 5 nitrogen and oxygen atoms in total. The van der Waals surface area contributed by atoms with E-state index in [0.717, 1.165) is 16.7 Å². The third kappa shape index (κ3) is 1.43. The third-order valence-corrected chi connectivity index (χ3v) is 4.23. The van der Waals surface area contributed by atoms with Gasteiger partial charge in [0.25, 0.3) is 5.91 Å². The van der Waals surface area contributed by atoms with Crippen molar-refractivity contribution in [3.8, 4) is 28.4 Å². The minimum absolute atomic E-state index is 0.0711. The number of hydrogen-bond acceptors (Lipinski definition) is 4. The molecule has 1 heterocycles. The number of rotatable bonds is 1. The van der Waals surface area contributed by atoms with Crippen molar-refractivity contribution < 1.29 is 19.7 Å². The van der Waals surface area contributed by atoms with E-state index in [1.54, 1.807) is 12.1 Å². The molecule has 1 unspecified atom stereocenters. The van der Waals surface area contributed by atoms with Crippen molar-refractivity contribution in [2.45, 2.75) is 12.5 Å². The molecule has 5 heteroatoms. The number of phenols is 2. The molecular weight excluding hydrogens is 270 g/mol. The van der Waals surface area contributed by atoms with Crippen LogP contribution in [0.5, 0.6) is 17.2 Å². The van der Waals surface area contributed by atoms with Crippen molar-refractivity contribution in [2.24, 2.45) is 0 Å². The smallest absolute Gasteiger partial charge is 0.252 e. The van der Waals surface area contributed by atoms with Crippen LogP contribution < -0.4 is 10.1 Å². The third-order valence-electron chi connectivity index (χ3n) is 4.23. The summed E-state index contributed by atoms with van der Waals surface area (Å²) in [5.41, 5.74) is 3.56. The molecule has 1 aliphatic carbocycles. The summed E-state index contributed by atoms with van der Waals surface area (Å²) in [6, 6.07) is 6.48. The predicted molar refractivity (Wildman–Crippen MR) is 75.7 cm³/mol. The molecule has 106 valence electrons. The molecule has 0 spiro atoms. The second-order valence-electron chi connectivity index (χ2n) is 5.30. The van der Waals surface area contributed by atoms with E-state index in [4.69, 9.17) is 4.74 Å². The molecule has 0 aromatic heterocycles. The fraction of sp³-hybridized carbons (Fsp3) is 0.188. The van der Waals surface area contributed by atoms with E-state index >= 15 is 0 Å². The average Bonchev–Trinajstić information content (AvgIpc) is 2.77. The highest BCUT2D eigenvalue weighted by Gasteiger charge is 2.39. The van der Waals surface area contributed by atoms with E-state index in [9.17, 15) is 15.0 Å². The molecule has 0 saturated heterocycles. The van der Waals surface area contributed by atoms with E-state index in [1.165, 1.54) is 13.2 Å². The molecule has 0 bridgehead atoms. The Hall–Kier alpha value is -2.69. The minimum atomic E-state index is -0.207.